The van der Waals surface area contributed by atoms with E-state index in [4.69, 9.17) is 22.1 Å². The van der Waals surface area contributed by atoms with Crippen molar-refractivity contribution < 1.29 is 33.0 Å². The molecule has 0 saturated heterocycles. The molecule has 3 N–H and O–H groups in total. The van der Waals surface area contributed by atoms with Gasteiger partial charge in [0.1, 0.15) is 12.2 Å². The second-order valence-corrected chi connectivity index (χ2v) is 7.05. The van der Waals surface area contributed by atoms with E-state index in [0.29, 0.717) is 12.5 Å². The number of ether oxygens (including phenoxy) is 2. The number of hydrogen-bond donors (Lipinski definition) is 2. The molecule has 1 fully saturated rings. The van der Waals surface area contributed by atoms with Gasteiger partial charge in [-0.2, -0.15) is 8.78 Å². The molecule has 1 saturated carbocycles. The fraction of sp³-hybridized carbons (Fsp3) is 0.316. The van der Waals surface area contributed by atoms with Crippen LogP contribution in [-0.4, -0.2) is 41.7 Å². The third-order valence-electron chi connectivity index (χ3n) is 4.26. The van der Waals surface area contributed by atoms with E-state index in [1.807, 2.05) is 0 Å². The molecule has 0 bridgehead atoms. The van der Waals surface area contributed by atoms with E-state index in [0.717, 1.165) is 30.0 Å². The summed E-state index contributed by atoms with van der Waals surface area (Å²) >= 11 is 6.05. The number of primary amides is 1. The van der Waals surface area contributed by atoms with Crippen LogP contribution in [0.4, 0.5) is 14.5 Å². The summed E-state index contributed by atoms with van der Waals surface area (Å²) in [5, 5.41) is 10.0. The Labute approximate surface area is 175 Å². The molecule has 1 aromatic heterocycles. The van der Waals surface area contributed by atoms with Gasteiger partial charge < -0.3 is 20.3 Å². The molecule has 3 rings (SSSR count). The number of carbonyl (C=O) groups is 2. The van der Waals surface area contributed by atoms with Crippen LogP contribution in [-0.2, 0) is 4.79 Å². The van der Waals surface area contributed by atoms with Crippen molar-refractivity contribution in [1.29, 1.82) is 0 Å². The molecule has 1 aliphatic carbocycles. The predicted octanol–water partition coefficient (Wildman–Crippen LogP) is 2.96. The van der Waals surface area contributed by atoms with Gasteiger partial charge in [-0.05, 0) is 37.0 Å². The van der Waals surface area contributed by atoms with Crippen LogP contribution < -0.4 is 20.1 Å². The number of hydrogen-bond acceptors (Lipinski definition) is 6. The number of halogens is 3. The van der Waals surface area contributed by atoms with Gasteiger partial charge in [0, 0.05) is 11.8 Å². The third-order valence-corrected chi connectivity index (χ3v) is 4.54. The van der Waals surface area contributed by atoms with Crippen LogP contribution >= 0.6 is 11.6 Å². The number of pyridine rings is 1. The minimum Gasteiger partial charge on any atom is -0.504 e. The maximum atomic E-state index is 13.1. The lowest BCUT2D eigenvalue weighted by Gasteiger charge is -2.23. The number of aromatic nitrogens is 1. The molecular formula is C19H18ClF2N3O5. The van der Waals surface area contributed by atoms with E-state index in [2.05, 4.69) is 9.72 Å². The largest absolute Gasteiger partial charge is 0.504 e. The summed E-state index contributed by atoms with van der Waals surface area (Å²) in [5.41, 5.74) is 5.06. The quantitative estimate of drug-likeness (QED) is 0.618. The zero-order valence-corrected chi connectivity index (χ0v) is 16.3. The van der Waals surface area contributed by atoms with Gasteiger partial charge in [-0.25, -0.2) is 0 Å². The van der Waals surface area contributed by atoms with Gasteiger partial charge in [0.05, 0.1) is 17.8 Å². The van der Waals surface area contributed by atoms with Crippen molar-refractivity contribution in [1.82, 2.24) is 4.98 Å². The van der Waals surface area contributed by atoms with Gasteiger partial charge in [-0.3, -0.25) is 19.5 Å². The summed E-state index contributed by atoms with van der Waals surface area (Å²) in [4.78, 5) is 29.2. The minimum atomic E-state index is -3.08. The lowest BCUT2D eigenvalue weighted by atomic mass is 10.1. The lowest BCUT2D eigenvalue weighted by molar-refractivity contribution is -0.116. The van der Waals surface area contributed by atoms with E-state index in [1.165, 1.54) is 18.3 Å². The lowest BCUT2D eigenvalue weighted by Crippen LogP contribution is -2.38. The molecule has 8 nitrogen and oxygen atoms in total. The summed E-state index contributed by atoms with van der Waals surface area (Å²) in [7, 11) is 0. The first-order valence-electron chi connectivity index (χ1n) is 8.90. The van der Waals surface area contributed by atoms with Gasteiger partial charge >= 0.3 is 6.61 Å². The van der Waals surface area contributed by atoms with Crippen LogP contribution in [0.25, 0.3) is 0 Å². The van der Waals surface area contributed by atoms with Crippen molar-refractivity contribution in [3.63, 3.8) is 0 Å². The predicted molar refractivity (Wildman–Crippen MR) is 103 cm³/mol. The molecule has 0 radical (unpaired) electrons. The highest BCUT2D eigenvalue weighted by atomic mass is 35.5. The first kappa shape index (κ1) is 21.6. The summed E-state index contributed by atoms with van der Waals surface area (Å²) in [6.45, 7) is -3.38. The number of carbonyl (C=O) groups excluding carboxylic acids is 2. The molecule has 160 valence electrons. The van der Waals surface area contributed by atoms with E-state index in [1.54, 1.807) is 0 Å². The van der Waals surface area contributed by atoms with E-state index in [9.17, 15) is 23.5 Å². The molecule has 1 heterocycles. The number of benzene rings is 1. The normalized spacial score (nSPS) is 13.2. The van der Waals surface area contributed by atoms with Crippen LogP contribution in [0.15, 0.2) is 30.6 Å². The Hall–Kier alpha value is -3.14. The third kappa shape index (κ3) is 5.26. The molecule has 2 amide bonds. The molecule has 0 spiro atoms. The number of nitrogens with two attached hydrogens (primary N) is 1. The number of amides is 2. The standard InChI is InChI=1S/C19H18ClF2N3O5/c20-12-6-24-7-13(26)17(12)25(8-16(23)27)18(28)11-3-4-14(30-19(21)22)15(5-11)29-9-10-1-2-10/h3-7,10,19,26H,1-2,8-9H2,(H2,23,27). The van der Waals surface area contributed by atoms with Crippen molar-refractivity contribution in [2.24, 2.45) is 11.7 Å². The Balaban J connectivity index is 1.96. The van der Waals surface area contributed by atoms with Gasteiger partial charge in [-0.15, -0.1) is 0 Å². The Morgan fingerprint density at radius 3 is 2.63 bits per heavy atom. The van der Waals surface area contributed by atoms with Crippen LogP contribution in [0, 0.1) is 5.92 Å². The van der Waals surface area contributed by atoms with Crippen molar-refractivity contribution in [2.45, 2.75) is 19.5 Å². The highest BCUT2D eigenvalue weighted by Crippen LogP contribution is 2.37. The number of nitrogens with zero attached hydrogens (tertiary/aromatic N) is 2. The first-order chi connectivity index (χ1) is 14.3. The summed E-state index contributed by atoms with van der Waals surface area (Å²) in [6, 6.07) is 3.62. The number of alkyl halides is 2. The monoisotopic (exact) mass is 441 g/mol. The molecule has 0 atom stereocenters. The van der Waals surface area contributed by atoms with Crippen molar-refractivity contribution in [3.8, 4) is 17.2 Å². The average molecular weight is 442 g/mol. The Bertz CT molecular complexity index is 936. The van der Waals surface area contributed by atoms with E-state index < -0.39 is 30.7 Å². The van der Waals surface area contributed by atoms with Gasteiger partial charge in [0.25, 0.3) is 5.91 Å². The fourth-order valence-corrected chi connectivity index (χ4v) is 2.94. The number of aromatic hydroxyl groups is 1. The Morgan fingerprint density at radius 2 is 2.03 bits per heavy atom. The van der Waals surface area contributed by atoms with Crippen molar-refractivity contribution >= 4 is 29.1 Å². The van der Waals surface area contributed by atoms with Gasteiger partial charge in [-0.1, -0.05) is 11.6 Å². The molecule has 30 heavy (non-hydrogen) atoms. The smallest absolute Gasteiger partial charge is 0.387 e. The molecular weight excluding hydrogens is 424 g/mol. The second-order valence-electron chi connectivity index (χ2n) is 6.64. The number of rotatable bonds is 9. The molecule has 0 unspecified atom stereocenters. The van der Waals surface area contributed by atoms with Crippen molar-refractivity contribution in [3.05, 3.63) is 41.2 Å². The van der Waals surface area contributed by atoms with Crippen LogP contribution in [0.3, 0.4) is 0 Å². The zero-order valence-electron chi connectivity index (χ0n) is 15.6. The van der Waals surface area contributed by atoms with E-state index >= 15 is 0 Å². The molecule has 2 aromatic rings. The zero-order chi connectivity index (χ0) is 21.8. The maximum Gasteiger partial charge on any atom is 0.387 e. The first-order valence-corrected chi connectivity index (χ1v) is 9.28. The van der Waals surface area contributed by atoms with Crippen molar-refractivity contribution in [2.75, 3.05) is 18.1 Å². The van der Waals surface area contributed by atoms with Gasteiger partial charge in [0.2, 0.25) is 5.91 Å². The van der Waals surface area contributed by atoms with Crippen LogP contribution in [0.1, 0.15) is 23.2 Å². The Kier molecular flexibility index (Phi) is 6.56. The molecule has 1 aliphatic rings. The SMILES string of the molecule is NC(=O)CN(C(=O)c1ccc(OC(F)F)c(OCC2CC2)c1)c1c(O)cncc1Cl. The fourth-order valence-electron chi connectivity index (χ4n) is 2.69. The number of anilines is 1. The highest BCUT2D eigenvalue weighted by Gasteiger charge is 2.27. The second kappa shape index (κ2) is 9.12. The maximum absolute atomic E-state index is 13.1. The van der Waals surface area contributed by atoms with Crippen LogP contribution in [0.5, 0.6) is 17.2 Å². The molecule has 0 aliphatic heterocycles. The molecule has 1 aromatic carbocycles. The summed E-state index contributed by atoms with van der Waals surface area (Å²) in [6.07, 6.45) is 4.17. The average Bonchev–Trinajstić information content (AvgIpc) is 3.49. The topological polar surface area (TPSA) is 115 Å². The summed E-state index contributed by atoms with van der Waals surface area (Å²) < 4.78 is 35.4. The van der Waals surface area contributed by atoms with Gasteiger partial charge in [0.15, 0.2) is 17.2 Å². The molecule has 11 heteroatoms. The Morgan fingerprint density at radius 1 is 1.30 bits per heavy atom. The van der Waals surface area contributed by atoms with E-state index in [-0.39, 0.29) is 27.8 Å². The summed E-state index contributed by atoms with van der Waals surface area (Å²) in [5.74, 6) is -2.02. The minimum absolute atomic E-state index is 0.0176. The van der Waals surface area contributed by atoms with Crippen LogP contribution in [0.2, 0.25) is 5.02 Å². The highest BCUT2D eigenvalue weighted by molar-refractivity contribution is 6.34.